The van der Waals surface area contributed by atoms with Gasteiger partial charge in [0.1, 0.15) is 0 Å². The van der Waals surface area contributed by atoms with Crippen molar-refractivity contribution in [2.24, 2.45) is 5.92 Å². The molecule has 2 N–H and O–H groups in total. The van der Waals surface area contributed by atoms with Crippen LogP contribution in [0.15, 0.2) is 30.3 Å². The van der Waals surface area contributed by atoms with Gasteiger partial charge < -0.3 is 10.2 Å². The zero-order chi connectivity index (χ0) is 12.1. The molecular formula is C12H13O4. The lowest BCUT2D eigenvalue weighted by Crippen LogP contribution is -2.25. The van der Waals surface area contributed by atoms with Crippen molar-refractivity contribution in [1.82, 2.24) is 0 Å². The van der Waals surface area contributed by atoms with Gasteiger partial charge in [0.05, 0.1) is 0 Å². The van der Waals surface area contributed by atoms with Gasteiger partial charge in [-0.1, -0.05) is 37.3 Å². The third-order valence-electron chi connectivity index (χ3n) is 2.37. The number of rotatable bonds is 5. The van der Waals surface area contributed by atoms with Crippen LogP contribution in [0.25, 0.3) is 0 Å². The van der Waals surface area contributed by atoms with Crippen molar-refractivity contribution in [1.29, 1.82) is 0 Å². The van der Waals surface area contributed by atoms with Crippen LogP contribution in [0.2, 0.25) is 0 Å². The Balaban J connectivity index is 2.73. The summed E-state index contributed by atoms with van der Waals surface area (Å²) in [4.78, 5) is 21.4. The number of hydrogen-bond acceptors (Lipinski definition) is 2. The molecule has 1 aromatic carbocycles. The zero-order valence-corrected chi connectivity index (χ0v) is 8.88. The average molecular weight is 221 g/mol. The lowest BCUT2D eigenvalue weighted by molar-refractivity contribution is -0.154. The van der Waals surface area contributed by atoms with Crippen LogP contribution in [0.1, 0.15) is 18.9 Å². The molecule has 0 heterocycles. The Labute approximate surface area is 93.5 Å². The number of carboxylic acids is 2. The van der Waals surface area contributed by atoms with Crippen molar-refractivity contribution in [3.05, 3.63) is 41.8 Å². The van der Waals surface area contributed by atoms with Gasteiger partial charge in [-0.05, 0) is 12.0 Å². The fourth-order valence-electron chi connectivity index (χ4n) is 1.43. The van der Waals surface area contributed by atoms with E-state index in [1.807, 2.05) is 30.3 Å². The zero-order valence-electron chi connectivity index (χ0n) is 8.88. The molecule has 1 rings (SSSR count). The molecule has 1 radical (unpaired) electrons. The third-order valence-corrected chi connectivity index (χ3v) is 2.37. The Hall–Kier alpha value is -1.84. The molecule has 0 aromatic heterocycles. The molecule has 85 valence electrons. The molecule has 0 unspecified atom stereocenters. The van der Waals surface area contributed by atoms with Crippen molar-refractivity contribution < 1.29 is 19.8 Å². The lowest BCUT2D eigenvalue weighted by atomic mass is 9.90. The predicted molar refractivity (Wildman–Crippen MR) is 57.8 cm³/mol. The van der Waals surface area contributed by atoms with E-state index < -0.39 is 17.9 Å². The van der Waals surface area contributed by atoms with E-state index in [-0.39, 0.29) is 6.42 Å². The van der Waals surface area contributed by atoms with Crippen LogP contribution in [0, 0.1) is 11.8 Å². The second-order valence-corrected chi connectivity index (χ2v) is 3.58. The van der Waals surface area contributed by atoms with E-state index >= 15 is 0 Å². The van der Waals surface area contributed by atoms with Crippen molar-refractivity contribution in [3.8, 4) is 0 Å². The fourth-order valence-corrected chi connectivity index (χ4v) is 1.43. The van der Waals surface area contributed by atoms with Gasteiger partial charge in [0.15, 0.2) is 5.92 Å². The minimum atomic E-state index is -1.37. The van der Waals surface area contributed by atoms with Crippen molar-refractivity contribution >= 4 is 11.9 Å². The standard InChI is InChI=1S/C12H13O4/c1-8(9-5-3-2-4-6-9)7-10(11(13)14)12(15)16/h2-6,10H,7H2,1H3,(H,13,14)(H,15,16). The highest BCUT2D eigenvalue weighted by molar-refractivity contribution is 5.93. The van der Waals surface area contributed by atoms with Crippen molar-refractivity contribution in [2.45, 2.75) is 13.3 Å². The molecule has 0 atom stereocenters. The molecule has 4 heteroatoms. The van der Waals surface area contributed by atoms with Gasteiger partial charge in [-0.3, -0.25) is 9.59 Å². The van der Waals surface area contributed by atoms with E-state index in [9.17, 15) is 9.59 Å². The molecule has 0 amide bonds. The number of hydrogen-bond donors (Lipinski definition) is 2. The third kappa shape index (κ3) is 3.08. The van der Waals surface area contributed by atoms with E-state index in [2.05, 4.69) is 0 Å². The highest BCUT2D eigenvalue weighted by Gasteiger charge is 2.28. The van der Waals surface area contributed by atoms with E-state index in [0.717, 1.165) is 11.5 Å². The molecule has 0 saturated carbocycles. The highest BCUT2D eigenvalue weighted by Crippen LogP contribution is 2.22. The van der Waals surface area contributed by atoms with Crippen molar-refractivity contribution in [2.75, 3.05) is 0 Å². The van der Waals surface area contributed by atoms with Crippen LogP contribution < -0.4 is 0 Å². The van der Waals surface area contributed by atoms with Crippen LogP contribution in [0.5, 0.6) is 0 Å². The summed E-state index contributed by atoms with van der Waals surface area (Å²) in [6.45, 7) is 1.74. The first kappa shape index (κ1) is 12.2. The van der Waals surface area contributed by atoms with E-state index in [1.54, 1.807) is 6.92 Å². The Morgan fingerprint density at radius 1 is 1.12 bits per heavy atom. The van der Waals surface area contributed by atoms with Crippen LogP contribution in [0.4, 0.5) is 0 Å². The maximum atomic E-state index is 10.7. The lowest BCUT2D eigenvalue weighted by Gasteiger charge is -2.14. The van der Waals surface area contributed by atoms with Crippen LogP contribution in [-0.2, 0) is 9.59 Å². The van der Waals surface area contributed by atoms with Gasteiger partial charge in [0, 0.05) is 5.92 Å². The SMILES string of the molecule is C[C](CC(C(=O)O)C(=O)O)c1ccccc1. The monoisotopic (exact) mass is 221 g/mol. The number of carbonyl (C=O) groups is 2. The topological polar surface area (TPSA) is 74.6 Å². The maximum Gasteiger partial charge on any atom is 0.317 e. The second kappa shape index (κ2) is 5.30. The molecule has 0 saturated heterocycles. The van der Waals surface area contributed by atoms with Crippen LogP contribution >= 0.6 is 0 Å². The Kier molecular flexibility index (Phi) is 4.05. The van der Waals surface area contributed by atoms with Crippen molar-refractivity contribution in [3.63, 3.8) is 0 Å². The number of benzene rings is 1. The fraction of sp³-hybridized carbons (Fsp3) is 0.250. The smallest absolute Gasteiger partial charge is 0.317 e. The predicted octanol–water partition coefficient (Wildman–Crippen LogP) is 1.80. The molecule has 0 aliphatic heterocycles. The summed E-state index contributed by atoms with van der Waals surface area (Å²) in [5.74, 6) is -3.22. The minimum Gasteiger partial charge on any atom is -0.481 e. The molecule has 4 nitrogen and oxygen atoms in total. The first-order chi connectivity index (χ1) is 7.52. The maximum absolute atomic E-state index is 10.7. The van der Waals surface area contributed by atoms with Gasteiger partial charge in [-0.15, -0.1) is 0 Å². The quantitative estimate of drug-likeness (QED) is 0.743. The highest BCUT2D eigenvalue weighted by atomic mass is 16.4. The molecule has 0 aliphatic carbocycles. The minimum absolute atomic E-state index is 0.0225. The summed E-state index contributed by atoms with van der Waals surface area (Å²) >= 11 is 0. The average Bonchev–Trinajstić information content (AvgIpc) is 2.25. The van der Waals surface area contributed by atoms with E-state index in [4.69, 9.17) is 10.2 Å². The van der Waals surface area contributed by atoms with Crippen LogP contribution in [-0.4, -0.2) is 22.2 Å². The van der Waals surface area contributed by atoms with Gasteiger partial charge in [-0.2, -0.15) is 0 Å². The van der Waals surface area contributed by atoms with E-state index in [1.165, 1.54) is 0 Å². The summed E-state index contributed by atoms with van der Waals surface area (Å²) in [7, 11) is 0. The first-order valence-electron chi connectivity index (χ1n) is 4.86. The Morgan fingerprint density at radius 2 is 1.62 bits per heavy atom. The largest absolute Gasteiger partial charge is 0.481 e. The number of carboxylic acid groups (broad SMARTS) is 2. The molecular weight excluding hydrogens is 208 g/mol. The van der Waals surface area contributed by atoms with Gasteiger partial charge in [0.25, 0.3) is 0 Å². The van der Waals surface area contributed by atoms with Gasteiger partial charge in [0.2, 0.25) is 0 Å². The normalized spacial score (nSPS) is 10.7. The summed E-state index contributed by atoms with van der Waals surface area (Å²) in [5, 5.41) is 17.5. The molecule has 0 aliphatic rings. The molecule has 1 aromatic rings. The summed E-state index contributed by atoms with van der Waals surface area (Å²) in [5.41, 5.74) is 0.870. The molecule has 16 heavy (non-hydrogen) atoms. The number of aliphatic carboxylic acids is 2. The Morgan fingerprint density at radius 3 is 2.06 bits per heavy atom. The summed E-state index contributed by atoms with van der Waals surface area (Å²) < 4.78 is 0. The van der Waals surface area contributed by atoms with Gasteiger partial charge in [-0.25, -0.2) is 0 Å². The first-order valence-corrected chi connectivity index (χ1v) is 4.86. The summed E-state index contributed by atoms with van der Waals surface area (Å²) in [6.07, 6.45) is 0.0225. The Bertz CT molecular complexity index is 358. The van der Waals surface area contributed by atoms with E-state index in [0.29, 0.717) is 0 Å². The molecule has 0 bridgehead atoms. The molecule has 0 spiro atoms. The van der Waals surface area contributed by atoms with Crippen LogP contribution in [0.3, 0.4) is 0 Å². The second-order valence-electron chi connectivity index (χ2n) is 3.58. The van der Waals surface area contributed by atoms with Gasteiger partial charge >= 0.3 is 11.9 Å². The molecule has 0 fully saturated rings. The summed E-state index contributed by atoms with van der Waals surface area (Å²) in [6, 6.07) is 9.17.